The molecule has 2 N–H and O–H groups in total. The first-order valence-corrected chi connectivity index (χ1v) is 8.25. The number of carbonyl (C=O) groups excluding carboxylic acids is 1. The quantitative estimate of drug-likeness (QED) is 0.828. The summed E-state index contributed by atoms with van der Waals surface area (Å²) in [6.07, 6.45) is 8.74. The number of likely N-dealkylation sites (N-methyl/N-ethyl adjacent to an activating group) is 1. The Bertz CT molecular complexity index is 322. The predicted octanol–water partition coefficient (Wildman–Crippen LogP) is 1.92. The highest BCUT2D eigenvalue weighted by Gasteiger charge is 2.28. The van der Waals surface area contributed by atoms with Gasteiger partial charge in [-0.1, -0.05) is 32.6 Å². The third-order valence-corrected chi connectivity index (χ3v) is 5.11. The number of amides is 1. The lowest BCUT2D eigenvalue weighted by Crippen LogP contribution is -2.50. The van der Waals surface area contributed by atoms with Gasteiger partial charge in [0, 0.05) is 12.1 Å². The topological polar surface area (TPSA) is 52.6 Å². The fourth-order valence-corrected chi connectivity index (χ4v) is 3.73. The summed E-state index contributed by atoms with van der Waals surface area (Å²) in [7, 11) is 1.96. The van der Waals surface area contributed by atoms with E-state index in [4.69, 9.17) is 0 Å². The van der Waals surface area contributed by atoms with Crippen LogP contribution in [0.1, 0.15) is 58.3 Å². The Labute approximate surface area is 122 Å². The van der Waals surface area contributed by atoms with Crippen LogP contribution in [0.15, 0.2) is 0 Å². The maximum Gasteiger partial charge on any atom is 0.234 e. The maximum atomic E-state index is 12.2. The highest BCUT2D eigenvalue weighted by Crippen LogP contribution is 2.24. The summed E-state index contributed by atoms with van der Waals surface area (Å²) in [4.78, 5) is 14.2. The van der Waals surface area contributed by atoms with E-state index in [0.29, 0.717) is 18.5 Å². The van der Waals surface area contributed by atoms with Gasteiger partial charge in [0.05, 0.1) is 12.6 Å². The standard InChI is InChI=1S/C16H30N2O2/c1-12-7-3-4-8-13(12)17-16(20)11-18(2)14-9-5-6-10-15(14)19/h12-15,19H,3-11H2,1-2H3,(H,17,20). The van der Waals surface area contributed by atoms with Crippen LogP contribution in [0.3, 0.4) is 0 Å². The van der Waals surface area contributed by atoms with Crippen LogP contribution in [-0.2, 0) is 4.79 Å². The Morgan fingerprint density at radius 3 is 2.50 bits per heavy atom. The lowest BCUT2D eigenvalue weighted by molar-refractivity contribution is -0.124. The number of aliphatic hydroxyl groups is 1. The minimum absolute atomic E-state index is 0.115. The molecule has 2 aliphatic rings. The second-order valence-corrected chi connectivity index (χ2v) is 6.77. The largest absolute Gasteiger partial charge is 0.391 e. The van der Waals surface area contributed by atoms with E-state index < -0.39 is 0 Å². The van der Waals surface area contributed by atoms with Gasteiger partial charge in [-0.3, -0.25) is 9.69 Å². The molecule has 20 heavy (non-hydrogen) atoms. The number of rotatable bonds is 4. The SMILES string of the molecule is CC1CCCCC1NC(=O)CN(C)C1CCCCC1O. The first kappa shape index (κ1) is 15.8. The molecular formula is C16H30N2O2. The molecule has 4 unspecified atom stereocenters. The zero-order valence-corrected chi connectivity index (χ0v) is 13.0. The number of nitrogens with zero attached hydrogens (tertiary/aromatic N) is 1. The van der Waals surface area contributed by atoms with E-state index in [9.17, 15) is 9.90 Å². The van der Waals surface area contributed by atoms with Gasteiger partial charge in [0.1, 0.15) is 0 Å². The summed E-state index contributed by atoms with van der Waals surface area (Å²) in [5.41, 5.74) is 0. The van der Waals surface area contributed by atoms with Crippen molar-refractivity contribution in [1.82, 2.24) is 10.2 Å². The molecule has 2 rings (SSSR count). The number of hydrogen-bond donors (Lipinski definition) is 2. The van der Waals surface area contributed by atoms with Gasteiger partial charge in [-0.15, -0.1) is 0 Å². The third kappa shape index (κ3) is 4.19. The smallest absolute Gasteiger partial charge is 0.234 e. The maximum absolute atomic E-state index is 12.2. The molecule has 0 aliphatic heterocycles. The van der Waals surface area contributed by atoms with Crippen molar-refractivity contribution in [2.75, 3.05) is 13.6 Å². The molecule has 4 atom stereocenters. The third-order valence-electron chi connectivity index (χ3n) is 5.11. The molecule has 0 aromatic rings. The second-order valence-electron chi connectivity index (χ2n) is 6.77. The zero-order chi connectivity index (χ0) is 14.5. The Morgan fingerprint density at radius 2 is 1.80 bits per heavy atom. The fourth-order valence-electron chi connectivity index (χ4n) is 3.73. The number of aliphatic hydroxyl groups excluding tert-OH is 1. The van der Waals surface area contributed by atoms with E-state index in [2.05, 4.69) is 12.2 Å². The van der Waals surface area contributed by atoms with Crippen LogP contribution in [0.2, 0.25) is 0 Å². The van der Waals surface area contributed by atoms with E-state index in [1.165, 1.54) is 19.3 Å². The molecular weight excluding hydrogens is 252 g/mol. The number of nitrogens with one attached hydrogen (secondary N) is 1. The fraction of sp³-hybridized carbons (Fsp3) is 0.938. The molecule has 4 nitrogen and oxygen atoms in total. The van der Waals surface area contributed by atoms with Crippen LogP contribution < -0.4 is 5.32 Å². The molecule has 2 fully saturated rings. The van der Waals surface area contributed by atoms with Gasteiger partial charge in [-0.2, -0.15) is 0 Å². The molecule has 0 spiro atoms. The van der Waals surface area contributed by atoms with Crippen molar-refractivity contribution in [2.45, 2.75) is 76.5 Å². The number of carbonyl (C=O) groups is 1. The van der Waals surface area contributed by atoms with Gasteiger partial charge in [-0.25, -0.2) is 0 Å². The van der Waals surface area contributed by atoms with Gasteiger partial charge in [0.15, 0.2) is 0 Å². The Morgan fingerprint density at radius 1 is 1.15 bits per heavy atom. The van der Waals surface area contributed by atoms with Gasteiger partial charge in [0.25, 0.3) is 0 Å². The van der Waals surface area contributed by atoms with Crippen molar-refractivity contribution in [2.24, 2.45) is 5.92 Å². The zero-order valence-electron chi connectivity index (χ0n) is 13.0. The normalized spacial score (nSPS) is 35.0. The van der Waals surface area contributed by atoms with Crippen molar-refractivity contribution < 1.29 is 9.90 Å². The molecule has 2 saturated carbocycles. The van der Waals surface area contributed by atoms with Crippen LogP contribution in [0.4, 0.5) is 0 Å². The molecule has 0 heterocycles. The summed E-state index contributed by atoms with van der Waals surface area (Å²) in [6.45, 7) is 2.64. The molecule has 1 amide bonds. The van der Waals surface area contributed by atoms with Crippen LogP contribution in [0.25, 0.3) is 0 Å². The molecule has 116 valence electrons. The summed E-state index contributed by atoms with van der Waals surface area (Å²) < 4.78 is 0. The molecule has 0 aromatic heterocycles. The highest BCUT2D eigenvalue weighted by atomic mass is 16.3. The molecule has 0 bridgehead atoms. The summed E-state index contributed by atoms with van der Waals surface area (Å²) in [5.74, 6) is 0.710. The van der Waals surface area contributed by atoms with E-state index in [0.717, 1.165) is 32.1 Å². The molecule has 0 radical (unpaired) electrons. The lowest BCUT2D eigenvalue weighted by Gasteiger charge is -2.35. The van der Waals surface area contributed by atoms with Crippen LogP contribution in [-0.4, -0.2) is 47.7 Å². The first-order chi connectivity index (χ1) is 9.58. The average molecular weight is 282 g/mol. The lowest BCUT2D eigenvalue weighted by atomic mass is 9.86. The second kappa shape index (κ2) is 7.41. The van der Waals surface area contributed by atoms with Gasteiger partial charge in [-0.05, 0) is 38.6 Å². The van der Waals surface area contributed by atoms with Crippen LogP contribution in [0, 0.1) is 5.92 Å². The van der Waals surface area contributed by atoms with E-state index in [1.807, 2.05) is 11.9 Å². The number of hydrogen-bond acceptors (Lipinski definition) is 3. The van der Waals surface area contributed by atoms with Gasteiger partial charge < -0.3 is 10.4 Å². The van der Waals surface area contributed by atoms with E-state index in [1.54, 1.807) is 0 Å². The van der Waals surface area contributed by atoms with Crippen molar-refractivity contribution in [1.29, 1.82) is 0 Å². The Balaban J connectivity index is 1.78. The van der Waals surface area contributed by atoms with Crippen molar-refractivity contribution in [3.05, 3.63) is 0 Å². The minimum atomic E-state index is -0.268. The summed E-state index contributed by atoms with van der Waals surface area (Å²) in [6, 6.07) is 0.499. The first-order valence-electron chi connectivity index (χ1n) is 8.25. The summed E-state index contributed by atoms with van der Waals surface area (Å²) >= 11 is 0. The highest BCUT2D eigenvalue weighted by molar-refractivity contribution is 5.78. The van der Waals surface area contributed by atoms with Gasteiger partial charge >= 0.3 is 0 Å². The minimum Gasteiger partial charge on any atom is -0.391 e. The molecule has 2 aliphatic carbocycles. The van der Waals surface area contributed by atoms with Crippen molar-refractivity contribution in [3.8, 4) is 0 Å². The van der Waals surface area contributed by atoms with Crippen LogP contribution in [0.5, 0.6) is 0 Å². The average Bonchev–Trinajstić information content (AvgIpc) is 2.41. The van der Waals surface area contributed by atoms with Crippen molar-refractivity contribution >= 4 is 5.91 Å². The molecule has 0 aromatic carbocycles. The molecule has 0 saturated heterocycles. The Hall–Kier alpha value is -0.610. The van der Waals surface area contributed by atoms with Crippen LogP contribution >= 0.6 is 0 Å². The van der Waals surface area contributed by atoms with E-state index in [-0.39, 0.29) is 18.1 Å². The van der Waals surface area contributed by atoms with E-state index >= 15 is 0 Å². The van der Waals surface area contributed by atoms with Gasteiger partial charge in [0.2, 0.25) is 5.91 Å². The summed E-state index contributed by atoms with van der Waals surface area (Å²) in [5, 5.41) is 13.2. The monoisotopic (exact) mass is 282 g/mol. The van der Waals surface area contributed by atoms with Crippen molar-refractivity contribution in [3.63, 3.8) is 0 Å². The predicted molar refractivity (Wildman–Crippen MR) is 80.5 cm³/mol. The Kier molecular flexibility index (Phi) is 5.85. The molecule has 4 heteroatoms.